The van der Waals surface area contributed by atoms with Crippen LogP contribution in [-0.4, -0.2) is 25.2 Å². The van der Waals surface area contributed by atoms with Crippen molar-refractivity contribution in [2.24, 2.45) is 16.7 Å². The van der Waals surface area contributed by atoms with E-state index in [-0.39, 0.29) is 10.8 Å². The van der Waals surface area contributed by atoms with Gasteiger partial charge in [0, 0.05) is 11.8 Å². The van der Waals surface area contributed by atoms with Crippen molar-refractivity contribution in [3.8, 4) is 0 Å². The first-order chi connectivity index (χ1) is 7.88. The average Bonchev–Trinajstić information content (AvgIpc) is 2.85. The third-order valence-electron chi connectivity index (χ3n) is 5.01. The van der Waals surface area contributed by atoms with Crippen LogP contribution in [0, 0.1) is 16.7 Å². The minimum atomic E-state index is -0.546. The molecule has 0 aromatic carbocycles. The molecule has 0 amide bonds. The van der Waals surface area contributed by atoms with Gasteiger partial charge < -0.3 is 9.47 Å². The van der Waals surface area contributed by atoms with E-state index in [1.165, 1.54) is 6.42 Å². The number of hydrogen-bond acceptors (Lipinski definition) is 4. The van der Waals surface area contributed by atoms with E-state index in [0.29, 0.717) is 24.9 Å². The highest BCUT2D eigenvalue weighted by atomic mass is 16.8. The molecule has 3 fully saturated rings. The number of carbonyl (C=O) groups is 2. The van der Waals surface area contributed by atoms with Crippen LogP contribution in [0.15, 0.2) is 0 Å². The highest BCUT2D eigenvalue weighted by Crippen LogP contribution is 2.63. The fourth-order valence-electron chi connectivity index (χ4n) is 3.19. The van der Waals surface area contributed by atoms with Crippen LogP contribution in [0.3, 0.4) is 0 Å². The molecule has 1 aliphatic heterocycles. The summed E-state index contributed by atoms with van der Waals surface area (Å²) >= 11 is 0. The molecule has 2 unspecified atom stereocenters. The highest BCUT2D eigenvalue weighted by molar-refractivity contribution is 5.89. The van der Waals surface area contributed by atoms with Crippen molar-refractivity contribution >= 4 is 11.9 Å². The van der Waals surface area contributed by atoms with Gasteiger partial charge in [-0.2, -0.15) is 0 Å². The molecule has 4 heteroatoms. The van der Waals surface area contributed by atoms with Crippen LogP contribution in [0.4, 0.5) is 4.79 Å². The van der Waals surface area contributed by atoms with Crippen LogP contribution in [0.1, 0.15) is 40.0 Å². The third-order valence-corrected chi connectivity index (χ3v) is 5.01. The van der Waals surface area contributed by atoms with Gasteiger partial charge in [0.2, 0.25) is 0 Å². The summed E-state index contributed by atoms with van der Waals surface area (Å²) in [7, 11) is 0. The summed E-state index contributed by atoms with van der Waals surface area (Å²) in [5.41, 5.74) is 0.307. The quantitative estimate of drug-likeness (QED) is 0.611. The topological polar surface area (TPSA) is 52.6 Å². The molecule has 2 saturated carbocycles. The molecular formula is C13H20O4. The van der Waals surface area contributed by atoms with Gasteiger partial charge in [0.25, 0.3) is 0 Å². The molecule has 96 valence electrons. The first kappa shape index (κ1) is 12.4. The molecule has 0 aromatic heterocycles. The molecule has 2 aliphatic carbocycles. The van der Waals surface area contributed by atoms with Crippen molar-refractivity contribution in [2.75, 3.05) is 13.2 Å². The molecule has 1 saturated heterocycles. The van der Waals surface area contributed by atoms with Crippen LogP contribution in [0.25, 0.3) is 0 Å². The SMILES string of the molecule is CC12CCC(CC1=O)C2(C)C.O=C1OCCO1. The molecule has 4 nitrogen and oxygen atoms in total. The number of carbonyl (C=O) groups excluding carboxylic acids is 2. The lowest BCUT2D eigenvalue weighted by Crippen LogP contribution is -2.32. The minimum absolute atomic E-state index is 0.0255. The van der Waals surface area contributed by atoms with Crippen LogP contribution < -0.4 is 0 Å². The molecule has 0 spiro atoms. The summed E-state index contributed by atoms with van der Waals surface area (Å²) < 4.78 is 8.58. The Morgan fingerprint density at radius 3 is 1.88 bits per heavy atom. The first-order valence-electron chi connectivity index (χ1n) is 6.21. The van der Waals surface area contributed by atoms with Gasteiger partial charge in [0.15, 0.2) is 0 Å². The summed E-state index contributed by atoms with van der Waals surface area (Å²) in [6.45, 7) is 7.51. The molecule has 0 radical (unpaired) electrons. The van der Waals surface area contributed by atoms with E-state index in [9.17, 15) is 9.59 Å². The van der Waals surface area contributed by atoms with Crippen molar-refractivity contribution in [3.05, 3.63) is 0 Å². The minimum Gasteiger partial charge on any atom is -0.431 e. The Bertz CT molecular complexity index is 339. The molecule has 2 atom stereocenters. The largest absolute Gasteiger partial charge is 0.508 e. The highest BCUT2D eigenvalue weighted by Gasteiger charge is 2.61. The van der Waals surface area contributed by atoms with E-state index in [0.717, 1.165) is 12.8 Å². The Balaban J connectivity index is 0.000000153. The number of fused-ring (bicyclic) bond motifs is 2. The molecule has 17 heavy (non-hydrogen) atoms. The van der Waals surface area contributed by atoms with Gasteiger partial charge in [-0.05, 0) is 24.2 Å². The van der Waals surface area contributed by atoms with Gasteiger partial charge in [-0.1, -0.05) is 20.8 Å². The van der Waals surface area contributed by atoms with E-state index in [1.54, 1.807) is 0 Å². The summed E-state index contributed by atoms with van der Waals surface area (Å²) in [4.78, 5) is 21.4. The second-order valence-electron chi connectivity index (χ2n) is 5.86. The smallest absolute Gasteiger partial charge is 0.431 e. The summed E-state index contributed by atoms with van der Waals surface area (Å²) in [6.07, 6.45) is 2.71. The second kappa shape index (κ2) is 4.00. The lowest BCUT2D eigenvalue weighted by Gasteiger charge is -2.32. The Morgan fingerprint density at radius 1 is 1.12 bits per heavy atom. The number of ketones is 1. The molecule has 1 heterocycles. The monoisotopic (exact) mass is 240 g/mol. The Labute approximate surface area is 102 Å². The fourth-order valence-corrected chi connectivity index (χ4v) is 3.19. The Morgan fingerprint density at radius 2 is 1.71 bits per heavy atom. The number of Topliss-reactive ketones (excluding diaryl/α,β-unsaturated/α-hetero) is 1. The molecule has 2 bridgehead atoms. The van der Waals surface area contributed by atoms with Crippen LogP contribution >= 0.6 is 0 Å². The van der Waals surface area contributed by atoms with E-state index in [4.69, 9.17) is 0 Å². The molecule has 0 aromatic rings. The number of hydrogen-bond donors (Lipinski definition) is 0. The van der Waals surface area contributed by atoms with Gasteiger partial charge in [0.05, 0.1) is 0 Å². The van der Waals surface area contributed by atoms with Crippen molar-refractivity contribution in [1.82, 2.24) is 0 Å². The first-order valence-corrected chi connectivity index (χ1v) is 6.21. The molecule has 3 rings (SSSR count). The van der Waals surface area contributed by atoms with Crippen molar-refractivity contribution in [1.29, 1.82) is 0 Å². The lowest BCUT2D eigenvalue weighted by atomic mass is 9.70. The standard InChI is InChI=1S/C10H16O.C3H4O3/c1-9(2)7-4-5-10(9,3)8(11)6-7;4-3-5-1-2-6-3/h7H,4-6H2,1-3H3;1-2H2. The van der Waals surface area contributed by atoms with Gasteiger partial charge in [-0.25, -0.2) is 4.79 Å². The maximum atomic E-state index is 11.6. The summed E-state index contributed by atoms with van der Waals surface area (Å²) in [5, 5.41) is 0. The van der Waals surface area contributed by atoms with Gasteiger partial charge in [-0.3, -0.25) is 4.79 Å². The van der Waals surface area contributed by atoms with Gasteiger partial charge in [-0.15, -0.1) is 0 Å². The van der Waals surface area contributed by atoms with E-state index in [2.05, 4.69) is 30.2 Å². The van der Waals surface area contributed by atoms with Crippen molar-refractivity contribution < 1.29 is 19.1 Å². The predicted molar refractivity (Wildman–Crippen MR) is 61.5 cm³/mol. The summed E-state index contributed by atoms with van der Waals surface area (Å²) in [6, 6.07) is 0. The van der Waals surface area contributed by atoms with Crippen LogP contribution in [0.5, 0.6) is 0 Å². The fraction of sp³-hybridized carbons (Fsp3) is 0.846. The van der Waals surface area contributed by atoms with Crippen molar-refractivity contribution in [3.63, 3.8) is 0 Å². The van der Waals surface area contributed by atoms with Gasteiger partial charge >= 0.3 is 6.16 Å². The molecular weight excluding hydrogens is 220 g/mol. The zero-order valence-electron chi connectivity index (χ0n) is 10.7. The lowest BCUT2D eigenvalue weighted by molar-refractivity contribution is -0.128. The maximum absolute atomic E-state index is 11.6. The zero-order valence-corrected chi connectivity index (χ0v) is 10.7. The molecule has 0 N–H and O–H groups in total. The predicted octanol–water partition coefficient (Wildman–Crippen LogP) is 2.55. The second-order valence-corrected chi connectivity index (χ2v) is 5.86. The number of rotatable bonds is 0. The Kier molecular flexibility index (Phi) is 2.92. The van der Waals surface area contributed by atoms with E-state index in [1.807, 2.05) is 0 Å². The van der Waals surface area contributed by atoms with Crippen LogP contribution in [-0.2, 0) is 14.3 Å². The zero-order chi connectivity index (χ0) is 12.7. The third kappa shape index (κ3) is 1.83. The number of ether oxygens (including phenoxy) is 2. The van der Waals surface area contributed by atoms with E-state index >= 15 is 0 Å². The van der Waals surface area contributed by atoms with Crippen LogP contribution in [0.2, 0.25) is 0 Å². The number of cyclic esters (lactones) is 2. The molecule has 3 aliphatic rings. The summed E-state index contributed by atoms with van der Waals surface area (Å²) in [5.74, 6) is 1.19. The average molecular weight is 240 g/mol. The van der Waals surface area contributed by atoms with Crippen molar-refractivity contribution in [2.45, 2.75) is 40.0 Å². The van der Waals surface area contributed by atoms with E-state index < -0.39 is 6.16 Å². The van der Waals surface area contributed by atoms with Gasteiger partial charge in [0.1, 0.15) is 19.0 Å². The Hall–Kier alpha value is -1.06. The maximum Gasteiger partial charge on any atom is 0.508 e. The normalized spacial score (nSPS) is 37.2.